The number of hydrogen-bond acceptors (Lipinski definition) is 0. The monoisotopic (exact) mass is 138 g/mol. The Morgan fingerprint density at radius 1 is 1.30 bits per heavy atom. The fraction of sp³-hybridized carbons (Fsp3) is 0.800. The van der Waals surface area contributed by atoms with E-state index in [1.54, 1.807) is 11.1 Å². The zero-order valence-electron chi connectivity index (χ0n) is 7.73. The quantitative estimate of drug-likeness (QED) is 0.488. The van der Waals surface area contributed by atoms with Crippen LogP contribution in [0.2, 0.25) is 0 Å². The molecule has 1 saturated carbocycles. The van der Waals surface area contributed by atoms with Crippen LogP contribution in [0.15, 0.2) is 11.1 Å². The molecule has 10 heavy (non-hydrogen) atoms. The highest BCUT2D eigenvalue weighted by Gasteiger charge is 2.42. The molecule has 0 aromatic rings. The Bertz CT molecular complexity index is 159. The van der Waals surface area contributed by atoms with Crippen LogP contribution in [0.3, 0.4) is 0 Å². The maximum absolute atomic E-state index is 2.34. The zero-order valence-corrected chi connectivity index (χ0v) is 7.73. The lowest BCUT2D eigenvalue weighted by molar-refractivity contribution is 0.537. The fourth-order valence-electron chi connectivity index (χ4n) is 2.15. The van der Waals surface area contributed by atoms with Gasteiger partial charge in [-0.2, -0.15) is 0 Å². The summed E-state index contributed by atoms with van der Waals surface area (Å²) in [5.41, 5.74) is 3.27. The Balaban J connectivity index is 2.66. The van der Waals surface area contributed by atoms with Crippen LogP contribution < -0.4 is 0 Å². The molecular weight excluding hydrogens is 120 g/mol. The van der Waals surface area contributed by atoms with Gasteiger partial charge in [0.15, 0.2) is 0 Å². The average Bonchev–Trinajstić information content (AvgIpc) is 2.40. The molecule has 0 heterocycles. The molecule has 0 radical (unpaired) electrons. The molecule has 0 unspecified atom stereocenters. The molecule has 0 nitrogen and oxygen atoms in total. The van der Waals surface area contributed by atoms with Crippen molar-refractivity contribution in [2.24, 2.45) is 17.8 Å². The van der Waals surface area contributed by atoms with Gasteiger partial charge in [0.05, 0.1) is 0 Å². The van der Waals surface area contributed by atoms with Crippen LogP contribution in [0.4, 0.5) is 0 Å². The van der Waals surface area contributed by atoms with E-state index >= 15 is 0 Å². The third-order valence-corrected chi connectivity index (χ3v) is 2.57. The van der Waals surface area contributed by atoms with Gasteiger partial charge in [-0.3, -0.25) is 0 Å². The van der Waals surface area contributed by atoms with Crippen LogP contribution in [-0.4, -0.2) is 0 Å². The van der Waals surface area contributed by atoms with Crippen molar-refractivity contribution in [1.29, 1.82) is 0 Å². The molecule has 0 aliphatic heterocycles. The summed E-state index contributed by atoms with van der Waals surface area (Å²) >= 11 is 0. The topological polar surface area (TPSA) is 0 Å². The molecule has 0 N–H and O–H groups in total. The Morgan fingerprint density at radius 3 is 1.90 bits per heavy atom. The lowest BCUT2D eigenvalue weighted by Gasteiger charge is -1.97. The first kappa shape index (κ1) is 7.84. The van der Waals surface area contributed by atoms with Crippen LogP contribution in [0.1, 0.15) is 34.6 Å². The second-order valence-corrected chi connectivity index (χ2v) is 4.01. The first-order valence-electron chi connectivity index (χ1n) is 4.23. The highest BCUT2D eigenvalue weighted by Crippen LogP contribution is 2.51. The minimum Gasteiger partial charge on any atom is -0.0766 e. The smallest absolute Gasteiger partial charge is 0.0112 e. The maximum Gasteiger partial charge on any atom is -0.0112 e. The molecule has 1 aliphatic rings. The van der Waals surface area contributed by atoms with Crippen molar-refractivity contribution >= 4 is 0 Å². The molecule has 0 bridgehead atoms. The van der Waals surface area contributed by atoms with E-state index in [2.05, 4.69) is 34.6 Å². The Labute approximate surface area is 64.3 Å². The predicted molar refractivity (Wildman–Crippen MR) is 45.9 cm³/mol. The molecule has 0 amide bonds. The van der Waals surface area contributed by atoms with Crippen molar-refractivity contribution in [3.05, 3.63) is 11.1 Å². The van der Waals surface area contributed by atoms with Crippen molar-refractivity contribution in [3.63, 3.8) is 0 Å². The highest BCUT2D eigenvalue weighted by atomic mass is 14.5. The number of hydrogen-bond donors (Lipinski definition) is 0. The maximum atomic E-state index is 2.34. The Hall–Kier alpha value is -0.260. The van der Waals surface area contributed by atoms with Gasteiger partial charge in [-0.25, -0.2) is 0 Å². The van der Waals surface area contributed by atoms with Gasteiger partial charge in [0, 0.05) is 0 Å². The van der Waals surface area contributed by atoms with Gasteiger partial charge in [-0.1, -0.05) is 31.9 Å². The normalized spacial score (nSPS) is 31.2. The minimum absolute atomic E-state index is 0.847. The van der Waals surface area contributed by atoms with Crippen molar-refractivity contribution in [1.82, 2.24) is 0 Å². The average molecular weight is 138 g/mol. The summed E-state index contributed by atoms with van der Waals surface area (Å²) in [6, 6.07) is 0. The largest absolute Gasteiger partial charge is 0.0766 e. The predicted octanol–water partition coefficient (Wildman–Crippen LogP) is 3.24. The van der Waals surface area contributed by atoms with Gasteiger partial charge >= 0.3 is 0 Å². The molecule has 58 valence electrons. The van der Waals surface area contributed by atoms with Gasteiger partial charge < -0.3 is 0 Å². The first-order chi connectivity index (χ1) is 4.55. The molecular formula is C10H18. The molecule has 0 saturated heterocycles. The van der Waals surface area contributed by atoms with E-state index in [0.29, 0.717) is 0 Å². The number of allylic oxidation sites excluding steroid dienone is 2. The minimum atomic E-state index is 0.847. The highest BCUT2D eigenvalue weighted by molar-refractivity contribution is 5.32. The van der Waals surface area contributed by atoms with Crippen molar-refractivity contribution in [2.45, 2.75) is 34.6 Å². The van der Waals surface area contributed by atoms with E-state index in [4.69, 9.17) is 0 Å². The SMILES string of the molecule is CC(C)=C1[C@H](C)[C@@H]1C(C)C. The van der Waals surface area contributed by atoms with E-state index in [9.17, 15) is 0 Å². The van der Waals surface area contributed by atoms with Crippen LogP contribution in [0, 0.1) is 17.8 Å². The Kier molecular flexibility index (Phi) is 1.89. The van der Waals surface area contributed by atoms with Crippen LogP contribution in [0.25, 0.3) is 0 Å². The van der Waals surface area contributed by atoms with Crippen LogP contribution in [-0.2, 0) is 0 Å². The summed E-state index contributed by atoms with van der Waals surface area (Å²) in [7, 11) is 0. The third kappa shape index (κ3) is 1.12. The van der Waals surface area contributed by atoms with Gasteiger partial charge in [-0.05, 0) is 31.6 Å². The Morgan fingerprint density at radius 2 is 1.80 bits per heavy atom. The lowest BCUT2D eigenvalue weighted by Crippen LogP contribution is -1.90. The molecule has 0 spiro atoms. The second-order valence-electron chi connectivity index (χ2n) is 4.01. The molecule has 0 aromatic carbocycles. The van der Waals surface area contributed by atoms with E-state index in [-0.39, 0.29) is 0 Å². The fourth-order valence-corrected chi connectivity index (χ4v) is 2.15. The molecule has 1 rings (SSSR count). The van der Waals surface area contributed by atoms with Crippen molar-refractivity contribution in [2.75, 3.05) is 0 Å². The molecule has 1 fully saturated rings. The molecule has 0 heteroatoms. The summed E-state index contributed by atoms with van der Waals surface area (Å²) in [4.78, 5) is 0. The summed E-state index contributed by atoms with van der Waals surface area (Å²) in [6.45, 7) is 11.4. The van der Waals surface area contributed by atoms with Crippen LogP contribution in [0.5, 0.6) is 0 Å². The van der Waals surface area contributed by atoms with E-state index in [0.717, 1.165) is 17.8 Å². The van der Waals surface area contributed by atoms with Crippen LogP contribution >= 0.6 is 0 Å². The number of rotatable bonds is 1. The van der Waals surface area contributed by atoms with Gasteiger partial charge in [0.2, 0.25) is 0 Å². The summed E-state index contributed by atoms with van der Waals surface area (Å²) < 4.78 is 0. The van der Waals surface area contributed by atoms with E-state index in [1.165, 1.54) is 0 Å². The van der Waals surface area contributed by atoms with Crippen molar-refractivity contribution in [3.8, 4) is 0 Å². The lowest BCUT2D eigenvalue weighted by atomic mass is 10.1. The summed E-state index contributed by atoms with van der Waals surface area (Å²) in [6.07, 6.45) is 0. The molecule has 2 atom stereocenters. The van der Waals surface area contributed by atoms with Crippen molar-refractivity contribution < 1.29 is 0 Å². The van der Waals surface area contributed by atoms with E-state index < -0.39 is 0 Å². The first-order valence-corrected chi connectivity index (χ1v) is 4.23. The standard InChI is InChI=1S/C10H18/c1-6(2)9-8(5)10(9)7(3)4/h6,8-9H,1-5H3/t8-,9+/m1/s1. The van der Waals surface area contributed by atoms with Gasteiger partial charge in [-0.15, -0.1) is 0 Å². The zero-order chi connectivity index (χ0) is 7.89. The third-order valence-electron chi connectivity index (χ3n) is 2.57. The van der Waals surface area contributed by atoms with E-state index in [1.807, 2.05) is 0 Å². The summed E-state index contributed by atoms with van der Waals surface area (Å²) in [5, 5.41) is 0. The van der Waals surface area contributed by atoms with Gasteiger partial charge in [0.25, 0.3) is 0 Å². The molecule has 0 aromatic heterocycles. The summed E-state index contributed by atoms with van der Waals surface area (Å²) in [5.74, 6) is 2.63. The molecule has 1 aliphatic carbocycles. The van der Waals surface area contributed by atoms with Gasteiger partial charge in [0.1, 0.15) is 0 Å². The second kappa shape index (κ2) is 2.41.